The van der Waals surface area contributed by atoms with Gasteiger partial charge in [0.25, 0.3) is 5.91 Å². The van der Waals surface area contributed by atoms with Crippen molar-refractivity contribution in [1.82, 2.24) is 10.5 Å². The number of furan rings is 2. The summed E-state index contributed by atoms with van der Waals surface area (Å²) in [6.45, 7) is 0.238. The van der Waals surface area contributed by atoms with Crippen molar-refractivity contribution >= 4 is 22.8 Å². The summed E-state index contributed by atoms with van der Waals surface area (Å²) in [5.74, 6) is 0.186. The van der Waals surface area contributed by atoms with Crippen molar-refractivity contribution in [2.75, 3.05) is 5.73 Å². The number of anilines is 1. The summed E-state index contributed by atoms with van der Waals surface area (Å²) in [6.07, 6.45) is 3.07. The first-order valence-corrected chi connectivity index (χ1v) is 7.26. The molecule has 3 N–H and O–H groups in total. The Balaban J connectivity index is 1.69. The van der Waals surface area contributed by atoms with Gasteiger partial charge in [-0.05, 0) is 18.2 Å². The number of hydrogen-bond donors (Lipinski definition) is 2. The molecule has 0 saturated carbocycles. The molecule has 1 aromatic carbocycles. The monoisotopic (exact) mass is 323 g/mol. The topological polar surface area (TPSA) is 107 Å². The number of nitrogens with zero attached hydrogens (tertiary/aromatic N) is 1. The van der Waals surface area contributed by atoms with Gasteiger partial charge in [-0.15, -0.1) is 0 Å². The number of rotatable bonds is 4. The van der Waals surface area contributed by atoms with E-state index in [1.165, 1.54) is 12.5 Å². The summed E-state index contributed by atoms with van der Waals surface area (Å²) < 4.78 is 15.7. The number of nitrogens with one attached hydrogen (secondary N) is 1. The van der Waals surface area contributed by atoms with Crippen LogP contribution in [0.1, 0.15) is 16.1 Å². The van der Waals surface area contributed by atoms with E-state index in [0.29, 0.717) is 22.6 Å². The molecule has 4 aromatic rings. The largest absolute Gasteiger partial charge is 0.467 e. The molecule has 4 rings (SSSR count). The van der Waals surface area contributed by atoms with Gasteiger partial charge in [-0.2, -0.15) is 0 Å². The van der Waals surface area contributed by atoms with E-state index in [0.717, 1.165) is 5.39 Å². The van der Waals surface area contributed by atoms with Crippen LogP contribution < -0.4 is 11.1 Å². The van der Waals surface area contributed by atoms with Crippen LogP contribution in [-0.4, -0.2) is 11.1 Å². The van der Waals surface area contributed by atoms with E-state index in [9.17, 15) is 4.79 Å². The number of amides is 1. The highest BCUT2D eigenvalue weighted by atomic mass is 16.5. The molecule has 0 bridgehead atoms. The van der Waals surface area contributed by atoms with Gasteiger partial charge in [-0.25, -0.2) is 0 Å². The Bertz CT molecular complexity index is 998. The molecule has 0 aliphatic rings. The van der Waals surface area contributed by atoms with Gasteiger partial charge in [0.2, 0.25) is 5.88 Å². The lowest BCUT2D eigenvalue weighted by Crippen LogP contribution is -2.23. The van der Waals surface area contributed by atoms with Crippen molar-refractivity contribution in [2.45, 2.75) is 6.54 Å². The van der Waals surface area contributed by atoms with E-state index in [1.54, 1.807) is 12.1 Å². The summed E-state index contributed by atoms with van der Waals surface area (Å²) >= 11 is 0. The molecule has 0 radical (unpaired) electrons. The van der Waals surface area contributed by atoms with Crippen molar-refractivity contribution in [3.63, 3.8) is 0 Å². The zero-order valence-electron chi connectivity index (χ0n) is 12.5. The molecule has 0 unspecified atom stereocenters. The summed E-state index contributed by atoms with van der Waals surface area (Å²) in [7, 11) is 0. The van der Waals surface area contributed by atoms with Crippen LogP contribution in [0, 0.1) is 0 Å². The highest BCUT2D eigenvalue weighted by Gasteiger charge is 2.24. The minimum atomic E-state index is -0.398. The van der Waals surface area contributed by atoms with Gasteiger partial charge < -0.3 is 24.4 Å². The van der Waals surface area contributed by atoms with E-state index in [4.69, 9.17) is 19.1 Å². The summed E-state index contributed by atoms with van der Waals surface area (Å²) in [6, 6.07) is 11.0. The van der Waals surface area contributed by atoms with E-state index in [2.05, 4.69) is 10.5 Å². The lowest BCUT2D eigenvalue weighted by Gasteiger charge is -2.03. The van der Waals surface area contributed by atoms with Crippen LogP contribution in [0.2, 0.25) is 0 Å². The van der Waals surface area contributed by atoms with Crippen LogP contribution >= 0.6 is 0 Å². The Morgan fingerprint density at radius 1 is 1.17 bits per heavy atom. The van der Waals surface area contributed by atoms with Crippen molar-refractivity contribution in [1.29, 1.82) is 0 Å². The number of nitrogens with two attached hydrogens (primary N) is 1. The number of carbonyl (C=O) groups excluding carboxylic acids is 1. The Morgan fingerprint density at radius 3 is 2.88 bits per heavy atom. The SMILES string of the molecule is Nc1onc(-c2coc3ccccc23)c1C(=O)NCc1ccco1. The minimum Gasteiger partial charge on any atom is -0.467 e. The number of nitrogen functional groups attached to an aromatic ring is 1. The average molecular weight is 323 g/mol. The number of carbonyl (C=O) groups is 1. The summed E-state index contributed by atoms with van der Waals surface area (Å²) in [4.78, 5) is 12.5. The first-order chi connectivity index (χ1) is 11.7. The van der Waals surface area contributed by atoms with Gasteiger partial charge in [0.1, 0.15) is 28.9 Å². The Hall–Kier alpha value is -3.48. The van der Waals surface area contributed by atoms with Crippen LogP contribution in [0.15, 0.2) is 62.3 Å². The fourth-order valence-corrected chi connectivity index (χ4v) is 2.54. The molecule has 3 heterocycles. The van der Waals surface area contributed by atoms with E-state index in [-0.39, 0.29) is 18.0 Å². The molecule has 1 amide bonds. The highest BCUT2D eigenvalue weighted by Crippen LogP contribution is 2.34. The second-order valence-electron chi connectivity index (χ2n) is 5.18. The number of benzene rings is 1. The van der Waals surface area contributed by atoms with Crippen molar-refractivity contribution in [3.8, 4) is 11.3 Å². The smallest absolute Gasteiger partial charge is 0.259 e. The van der Waals surface area contributed by atoms with Gasteiger partial charge >= 0.3 is 0 Å². The van der Waals surface area contributed by atoms with E-state index < -0.39 is 5.91 Å². The van der Waals surface area contributed by atoms with Crippen LogP contribution in [0.5, 0.6) is 0 Å². The molecule has 0 fully saturated rings. The van der Waals surface area contributed by atoms with Gasteiger partial charge in [0.15, 0.2) is 0 Å². The van der Waals surface area contributed by atoms with Crippen molar-refractivity contribution < 1.29 is 18.2 Å². The fraction of sp³-hybridized carbons (Fsp3) is 0.0588. The maximum atomic E-state index is 12.5. The fourth-order valence-electron chi connectivity index (χ4n) is 2.54. The second kappa shape index (κ2) is 5.62. The number of fused-ring (bicyclic) bond motifs is 1. The molecule has 0 spiro atoms. The van der Waals surface area contributed by atoms with Gasteiger partial charge in [0, 0.05) is 5.39 Å². The first kappa shape index (κ1) is 14.1. The van der Waals surface area contributed by atoms with Crippen molar-refractivity contribution in [3.05, 3.63) is 60.2 Å². The van der Waals surface area contributed by atoms with Gasteiger partial charge in [0.05, 0.1) is 18.4 Å². The summed E-state index contributed by atoms with van der Waals surface area (Å²) in [5, 5.41) is 7.49. The normalized spacial score (nSPS) is 11.0. The Kier molecular flexibility index (Phi) is 3.31. The van der Waals surface area contributed by atoms with Crippen molar-refractivity contribution in [2.24, 2.45) is 0 Å². The highest BCUT2D eigenvalue weighted by molar-refractivity contribution is 6.06. The number of para-hydroxylation sites is 1. The Morgan fingerprint density at radius 2 is 2.04 bits per heavy atom. The average Bonchev–Trinajstić information content (AvgIpc) is 3.32. The lowest BCUT2D eigenvalue weighted by atomic mass is 10.1. The minimum absolute atomic E-state index is 0.0489. The molecule has 7 heteroatoms. The first-order valence-electron chi connectivity index (χ1n) is 7.26. The van der Waals surface area contributed by atoms with Gasteiger partial charge in [-0.3, -0.25) is 4.79 Å². The third-order valence-electron chi connectivity index (χ3n) is 3.68. The maximum Gasteiger partial charge on any atom is 0.259 e. The predicted molar refractivity (Wildman–Crippen MR) is 86.0 cm³/mol. The molecule has 3 aromatic heterocycles. The molecule has 0 aliphatic heterocycles. The molecule has 0 aliphatic carbocycles. The molecule has 0 atom stereocenters. The molecule has 120 valence electrons. The van der Waals surface area contributed by atoms with Crippen LogP contribution in [0.4, 0.5) is 5.88 Å². The van der Waals surface area contributed by atoms with Gasteiger partial charge in [-0.1, -0.05) is 23.4 Å². The quantitative estimate of drug-likeness (QED) is 0.597. The van der Waals surface area contributed by atoms with E-state index in [1.807, 2.05) is 24.3 Å². The maximum absolute atomic E-state index is 12.5. The standard InChI is InChI=1S/C17H13N3O4/c18-16-14(17(21)19-8-10-4-3-7-22-10)15(20-24-16)12-9-23-13-6-2-1-5-11(12)13/h1-7,9H,8,18H2,(H,19,21). The molecular formula is C17H13N3O4. The van der Waals surface area contributed by atoms with E-state index >= 15 is 0 Å². The summed E-state index contributed by atoms with van der Waals surface area (Å²) in [5.41, 5.74) is 7.65. The third-order valence-corrected chi connectivity index (χ3v) is 3.68. The van der Waals surface area contributed by atoms with Crippen LogP contribution in [0.3, 0.4) is 0 Å². The number of aromatic nitrogens is 1. The number of hydrogen-bond acceptors (Lipinski definition) is 6. The zero-order valence-corrected chi connectivity index (χ0v) is 12.5. The van der Waals surface area contributed by atoms with Crippen LogP contribution in [-0.2, 0) is 6.54 Å². The lowest BCUT2D eigenvalue weighted by molar-refractivity contribution is 0.0949. The second-order valence-corrected chi connectivity index (χ2v) is 5.18. The van der Waals surface area contributed by atoms with Crippen LogP contribution in [0.25, 0.3) is 22.2 Å². The predicted octanol–water partition coefficient (Wildman–Crippen LogP) is 3.19. The molecule has 0 saturated heterocycles. The molecular weight excluding hydrogens is 310 g/mol. The third kappa shape index (κ3) is 2.32. The molecule has 24 heavy (non-hydrogen) atoms. The zero-order chi connectivity index (χ0) is 16.5. The molecule has 7 nitrogen and oxygen atoms in total. The Labute approximate surface area is 136 Å².